The zero-order chi connectivity index (χ0) is 9.26. The zero-order valence-corrected chi connectivity index (χ0v) is 7.61. The molecule has 0 spiro atoms. The molecule has 3 nitrogen and oxygen atoms in total. The minimum atomic E-state index is -0.395. The Bertz CT molecular complexity index is 233. The first-order chi connectivity index (χ1) is 6.25. The fourth-order valence-corrected chi connectivity index (χ4v) is 1.67. The summed E-state index contributed by atoms with van der Waals surface area (Å²) in [6.45, 7) is 0. The third-order valence-electron chi connectivity index (χ3n) is 2.62. The van der Waals surface area contributed by atoms with Crippen LogP contribution in [0.5, 0.6) is 0 Å². The van der Waals surface area contributed by atoms with Gasteiger partial charge in [-0.3, -0.25) is 4.79 Å². The van der Waals surface area contributed by atoms with Crippen molar-refractivity contribution >= 4 is 5.91 Å². The van der Waals surface area contributed by atoms with Crippen LogP contribution in [0.1, 0.15) is 25.7 Å². The lowest BCUT2D eigenvalue weighted by molar-refractivity contribution is -0.132. The Morgan fingerprint density at radius 2 is 2.31 bits per heavy atom. The molecule has 0 aromatic carbocycles. The molecule has 1 heterocycles. The molecule has 72 valence electrons. The second-order valence-corrected chi connectivity index (χ2v) is 3.91. The van der Waals surface area contributed by atoms with Crippen molar-refractivity contribution in [3.05, 3.63) is 12.2 Å². The van der Waals surface area contributed by atoms with Gasteiger partial charge in [0.2, 0.25) is 5.91 Å². The van der Waals surface area contributed by atoms with Crippen LogP contribution in [0.25, 0.3) is 0 Å². The SMILES string of the molecule is NC(=O)C1CC=CC(CC2CC2)O1. The van der Waals surface area contributed by atoms with Crippen molar-refractivity contribution in [1.29, 1.82) is 0 Å². The van der Waals surface area contributed by atoms with Gasteiger partial charge in [0.05, 0.1) is 6.10 Å². The van der Waals surface area contributed by atoms with E-state index in [0.717, 1.165) is 12.3 Å². The van der Waals surface area contributed by atoms with Crippen molar-refractivity contribution < 1.29 is 9.53 Å². The smallest absolute Gasteiger partial charge is 0.246 e. The number of amides is 1. The highest BCUT2D eigenvalue weighted by Gasteiger charge is 2.29. The van der Waals surface area contributed by atoms with E-state index < -0.39 is 6.10 Å². The molecule has 0 radical (unpaired) electrons. The molecule has 2 atom stereocenters. The Morgan fingerprint density at radius 3 is 2.92 bits per heavy atom. The van der Waals surface area contributed by atoms with E-state index >= 15 is 0 Å². The van der Waals surface area contributed by atoms with E-state index in [2.05, 4.69) is 6.08 Å². The van der Waals surface area contributed by atoms with Gasteiger partial charge in [-0.05, 0) is 12.3 Å². The average molecular weight is 181 g/mol. The molecule has 0 saturated heterocycles. The maximum Gasteiger partial charge on any atom is 0.246 e. The van der Waals surface area contributed by atoms with Crippen LogP contribution in [0.15, 0.2) is 12.2 Å². The van der Waals surface area contributed by atoms with Gasteiger partial charge in [0, 0.05) is 6.42 Å². The van der Waals surface area contributed by atoms with E-state index in [9.17, 15) is 4.79 Å². The van der Waals surface area contributed by atoms with Gasteiger partial charge in [-0.25, -0.2) is 0 Å². The van der Waals surface area contributed by atoms with Crippen LogP contribution in [0.4, 0.5) is 0 Å². The summed E-state index contributed by atoms with van der Waals surface area (Å²) in [7, 11) is 0. The van der Waals surface area contributed by atoms with E-state index in [-0.39, 0.29) is 12.0 Å². The molecule has 1 amide bonds. The molecule has 2 unspecified atom stereocenters. The van der Waals surface area contributed by atoms with Crippen LogP contribution in [0.2, 0.25) is 0 Å². The topological polar surface area (TPSA) is 52.3 Å². The van der Waals surface area contributed by atoms with Crippen LogP contribution in [-0.2, 0) is 9.53 Å². The monoisotopic (exact) mass is 181 g/mol. The fraction of sp³-hybridized carbons (Fsp3) is 0.700. The molecule has 2 aliphatic rings. The average Bonchev–Trinajstić information content (AvgIpc) is 2.89. The summed E-state index contributed by atoms with van der Waals surface area (Å²) in [6.07, 6.45) is 8.11. The zero-order valence-electron chi connectivity index (χ0n) is 7.61. The molecule has 2 rings (SSSR count). The number of nitrogens with two attached hydrogens (primary N) is 1. The molecule has 13 heavy (non-hydrogen) atoms. The van der Waals surface area contributed by atoms with Crippen LogP contribution in [-0.4, -0.2) is 18.1 Å². The first-order valence-electron chi connectivity index (χ1n) is 4.87. The maximum absolute atomic E-state index is 10.9. The second kappa shape index (κ2) is 3.50. The van der Waals surface area contributed by atoms with Crippen molar-refractivity contribution in [3.8, 4) is 0 Å². The van der Waals surface area contributed by atoms with Gasteiger partial charge in [0.25, 0.3) is 0 Å². The van der Waals surface area contributed by atoms with Gasteiger partial charge in [0.15, 0.2) is 0 Å². The molecule has 1 aliphatic carbocycles. The van der Waals surface area contributed by atoms with E-state index in [1.54, 1.807) is 0 Å². The highest BCUT2D eigenvalue weighted by atomic mass is 16.5. The molecule has 0 bridgehead atoms. The van der Waals surface area contributed by atoms with Crippen LogP contribution >= 0.6 is 0 Å². The predicted molar refractivity (Wildman–Crippen MR) is 49.0 cm³/mol. The second-order valence-electron chi connectivity index (χ2n) is 3.91. The molecule has 1 saturated carbocycles. The lowest BCUT2D eigenvalue weighted by Crippen LogP contribution is -2.36. The summed E-state index contributed by atoms with van der Waals surface area (Å²) in [6, 6.07) is 0. The Labute approximate surface area is 77.9 Å². The van der Waals surface area contributed by atoms with E-state index in [1.807, 2.05) is 6.08 Å². The molecule has 1 aliphatic heterocycles. The number of ether oxygens (including phenoxy) is 1. The molecular formula is C10H15NO2. The lowest BCUT2D eigenvalue weighted by Gasteiger charge is -2.23. The normalized spacial score (nSPS) is 33.2. The summed E-state index contributed by atoms with van der Waals surface area (Å²) in [5.41, 5.74) is 5.18. The first kappa shape index (κ1) is 8.75. The van der Waals surface area contributed by atoms with Crippen molar-refractivity contribution in [3.63, 3.8) is 0 Å². The number of primary amides is 1. The summed E-state index contributed by atoms with van der Waals surface area (Å²) in [5.74, 6) is 0.478. The van der Waals surface area contributed by atoms with Crippen molar-refractivity contribution in [2.24, 2.45) is 11.7 Å². The minimum absolute atomic E-state index is 0.124. The summed E-state index contributed by atoms with van der Waals surface area (Å²) < 4.78 is 5.54. The van der Waals surface area contributed by atoms with Crippen LogP contribution in [0, 0.1) is 5.92 Å². The first-order valence-corrected chi connectivity index (χ1v) is 4.87. The minimum Gasteiger partial charge on any atom is -0.367 e. The summed E-state index contributed by atoms with van der Waals surface area (Å²) in [4.78, 5) is 10.9. The molecule has 1 fully saturated rings. The quantitative estimate of drug-likeness (QED) is 0.660. The molecular weight excluding hydrogens is 166 g/mol. The third-order valence-corrected chi connectivity index (χ3v) is 2.62. The van der Waals surface area contributed by atoms with Gasteiger partial charge in [-0.2, -0.15) is 0 Å². The largest absolute Gasteiger partial charge is 0.367 e. The molecule has 2 N–H and O–H groups in total. The predicted octanol–water partition coefficient (Wildman–Crippen LogP) is 0.986. The van der Waals surface area contributed by atoms with Crippen molar-refractivity contribution in [1.82, 2.24) is 0 Å². The highest BCUT2D eigenvalue weighted by molar-refractivity contribution is 5.79. The third kappa shape index (κ3) is 2.31. The fourth-order valence-electron chi connectivity index (χ4n) is 1.67. The molecule has 0 aromatic rings. The molecule has 3 heteroatoms. The number of carbonyl (C=O) groups excluding carboxylic acids is 1. The lowest BCUT2D eigenvalue weighted by atomic mass is 10.1. The van der Waals surface area contributed by atoms with E-state index in [0.29, 0.717) is 6.42 Å². The van der Waals surface area contributed by atoms with Crippen molar-refractivity contribution in [2.75, 3.05) is 0 Å². The maximum atomic E-state index is 10.9. The number of hydrogen-bond donors (Lipinski definition) is 1. The van der Waals surface area contributed by atoms with Gasteiger partial charge in [-0.1, -0.05) is 25.0 Å². The molecule has 0 aromatic heterocycles. The standard InChI is InChI=1S/C10H15NO2/c11-10(12)9-3-1-2-8(13-9)6-7-4-5-7/h1-2,7-9H,3-6H2,(H2,11,12). The summed E-state index contributed by atoms with van der Waals surface area (Å²) >= 11 is 0. The Morgan fingerprint density at radius 1 is 1.54 bits per heavy atom. The number of hydrogen-bond acceptors (Lipinski definition) is 2. The van der Waals surface area contributed by atoms with Gasteiger partial charge >= 0.3 is 0 Å². The van der Waals surface area contributed by atoms with Crippen molar-refractivity contribution in [2.45, 2.75) is 37.9 Å². The Kier molecular flexibility index (Phi) is 2.36. The van der Waals surface area contributed by atoms with Gasteiger partial charge in [0.1, 0.15) is 6.10 Å². The Balaban J connectivity index is 1.87. The van der Waals surface area contributed by atoms with Gasteiger partial charge in [-0.15, -0.1) is 0 Å². The van der Waals surface area contributed by atoms with E-state index in [1.165, 1.54) is 12.8 Å². The van der Waals surface area contributed by atoms with Crippen LogP contribution in [0.3, 0.4) is 0 Å². The number of rotatable bonds is 3. The summed E-state index contributed by atoms with van der Waals surface area (Å²) in [5, 5.41) is 0. The Hall–Kier alpha value is -0.830. The van der Waals surface area contributed by atoms with Crippen LogP contribution < -0.4 is 5.73 Å². The van der Waals surface area contributed by atoms with E-state index in [4.69, 9.17) is 10.5 Å². The highest BCUT2D eigenvalue weighted by Crippen LogP contribution is 2.35. The van der Waals surface area contributed by atoms with Gasteiger partial charge < -0.3 is 10.5 Å². The number of carbonyl (C=O) groups is 1.